The Labute approximate surface area is 174 Å². The van der Waals surface area contributed by atoms with Crippen molar-refractivity contribution >= 4 is 79.5 Å². The van der Waals surface area contributed by atoms with Gasteiger partial charge in [0, 0.05) is 99.7 Å². The zero-order valence-corrected chi connectivity index (χ0v) is 16.9. The van der Waals surface area contributed by atoms with Crippen LogP contribution in [0.3, 0.4) is 0 Å². The van der Waals surface area contributed by atoms with Crippen molar-refractivity contribution in [2.24, 2.45) is 0 Å². The molecule has 0 amide bonds. The molecule has 0 aliphatic heterocycles. The summed E-state index contributed by atoms with van der Waals surface area (Å²) >= 11 is 0. The molecule has 1 unspecified atom stereocenters. The molecule has 0 aromatic carbocycles. The van der Waals surface area contributed by atoms with Crippen molar-refractivity contribution in [3.63, 3.8) is 0 Å². The van der Waals surface area contributed by atoms with Gasteiger partial charge in [0.1, 0.15) is 0 Å². The van der Waals surface area contributed by atoms with E-state index < -0.39 is 0 Å². The predicted octanol–water partition coefficient (Wildman–Crippen LogP) is -3.76. The maximum atomic E-state index is 0. The number of hydrogen-bond acceptors (Lipinski definition) is 0. The van der Waals surface area contributed by atoms with Gasteiger partial charge in [-0.15, -0.1) is 0 Å². The van der Waals surface area contributed by atoms with Gasteiger partial charge in [-0.1, -0.05) is 0 Å². The Morgan fingerprint density at radius 1 is 1.00 bits per heavy atom. The van der Waals surface area contributed by atoms with Crippen LogP contribution in [0.1, 0.15) is 0 Å². The maximum absolute atomic E-state index is 0. The molecule has 0 heterocycles. The van der Waals surface area contributed by atoms with E-state index >= 15 is 0 Å². The van der Waals surface area contributed by atoms with E-state index in [1.807, 2.05) is 0 Å². The zero-order valence-electron chi connectivity index (χ0n) is 2.72. The van der Waals surface area contributed by atoms with Crippen LogP contribution in [0.25, 0.3) is 0 Å². The van der Waals surface area contributed by atoms with Crippen LogP contribution < -0.4 is 0 Å². The molecule has 0 aromatic heterocycles. The summed E-state index contributed by atoms with van der Waals surface area (Å²) in [6, 6.07) is 0. The molecule has 0 aliphatic rings. The minimum absolute atomic E-state index is 0. The molecular formula is H13BiCeCuGeInNdP. The van der Waals surface area contributed by atoms with Gasteiger partial charge in [0.2, 0.25) is 0 Å². The van der Waals surface area contributed by atoms with Crippen LogP contribution in [0.5, 0.6) is 0 Å². The second kappa shape index (κ2) is 40.4. The molecule has 1 radical (unpaired) electrons. The van der Waals surface area contributed by atoms with Crippen LogP contribution in [0, 0.1) is 82.6 Å². The molecule has 1 atom stereocenters. The molecule has 0 saturated carbocycles. The van der Waals surface area contributed by atoms with Crippen LogP contribution in [-0.4, -0.2) is 69.6 Å². The zero-order chi connectivity index (χ0) is 0. The van der Waals surface area contributed by atoms with Gasteiger partial charge in [-0.2, -0.15) is 9.90 Å². The second-order valence-corrected chi connectivity index (χ2v) is 0. The fraction of sp³-hybridized carbons (Fsp3) is 0. The average molecular weight is 788 g/mol. The summed E-state index contributed by atoms with van der Waals surface area (Å²) in [5.74, 6) is 0. The SMILES string of the molecule is P.[BiH3].[Ce].[Cu].[GeH4].[InH3].[Nd]. The Bertz CT molecular complexity index is 19.7. The quantitative estimate of drug-likeness (QED) is 0.175. The Balaban J connectivity index is 0. The van der Waals surface area contributed by atoms with E-state index in [1.165, 1.54) is 0 Å². The first-order valence-corrected chi connectivity index (χ1v) is 0. The van der Waals surface area contributed by atoms with Gasteiger partial charge in [0.25, 0.3) is 0 Å². The third kappa shape index (κ3) is 33.4. The van der Waals surface area contributed by atoms with Crippen LogP contribution in [0.2, 0.25) is 0 Å². The minimum atomic E-state index is 0. The summed E-state index contributed by atoms with van der Waals surface area (Å²) in [6.45, 7) is 0. The van der Waals surface area contributed by atoms with Gasteiger partial charge in [-0.05, 0) is 0 Å². The van der Waals surface area contributed by atoms with Crippen LogP contribution in [0.4, 0.5) is 0 Å². The molecule has 0 aromatic rings. The van der Waals surface area contributed by atoms with Gasteiger partial charge in [-0.25, -0.2) is 0 Å². The molecule has 0 saturated heterocycles. The second-order valence-electron chi connectivity index (χ2n) is 0. The predicted molar refractivity (Wildman–Crippen MR) is 42.3 cm³/mol. The standard InChI is InChI=1S/Bi.Ce.Cu.GeH4.In.Nd.H3P.6H/h;;;1H4;;;1H3;;;;;;. The molecule has 0 rings (SSSR count). The van der Waals surface area contributed by atoms with Gasteiger partial charge in [0.15, 0.2) is 0 Å². The van der Waals surface area contributed by atoms with Crippen molar-refractivity contribution in [1.82, 2.24) is 0 Å². The molecule has 49 valence electrons. The van der Waals surface area contributed by atoms with Crippen molar-refractivity contribution in [2.75, 3.05) is 0 Å². The third-order valence-corrected chi connectivity index (χ3v) is 0. The monoisotopic (exact) mass is 787 g/mol. The summed E-state index contributed by atoms with van der Waals surface area (Å²) in [5.41, 5.74) is 0. The van der Waals surface area contributed by atoms with Crippen molar-refractivity contribution in [2.45, 2.75) is 0 Å². The van der Waals surface area contributed by atoms with Gasteiger partial charge in [-0.3, -0.25) is 0 Å². The normalized spacial score (nSPS) is 0. The molecule has 0 N–H and O–H groups in total. The van der Waals surface area contributed by atoms with Gasteiger partial charge in [0.05, 0.1) is 0 Å². The third-order valence-electron chi connectivity index (χ3n) is 0. The Morgan fingerprint density at radius 2 is 1.00 bits per heavy atom. The number of rotatable bonds is 0. The molecule has 0 nitrogen and oxygen atoms in total. The van der Waals surface area contributed by atoms with Gasteiger partial charge < -0.3 is 0 Å². The van der Waals surface area contributed by atoms with Crippen LogP contribution >= 0.6 is 9.90 Å². The number of hydrogen-bond donors (Lipinski definition) is 0. The first-order chi connectivity index (χ1) is 0. The molecule has 0 aliphatic carbocycles. The molecule has 0 bridgehead atoms. The summed E-state index contributed by atoms with van der Waals surface area (Å²) in [5, 5.41) is 0. The molecule has 0 fully saturated rings. The van der Waals surface area contributed by atoms with Crippen molar-refractivity contribution in [3.05, 3.63) is 0 Å². The Kier molecular flexibility index (Phi) is 301. The average Bonchev–Trinajstić information content (AvgIpc) is 0. The van der Waals surface area contributed by atoms with E-state index in [9.17, 15) is 0 Å². The van der Waals surface area contributed by atoms with E-state index in [1.54, 1.807) is 0 Å². The molecular weight excluding hydrogens is 775 g/mol. The minimum Gasteiger partial charge on any atom is 0 e. The fourth-order valence-corrected chi connectivity index (χ4v) is 0. The fourth-order valence-electron chi connectivity index (χ4n) is 0. The Hall–Kier alpha value is 5.97. The summed E-state index contributed by atoms with van der Waals surface area (Å²) in [7, 11) is 0. The summed E-state index contributed by atoms with van der Waals surface area (Å²) in [4.78, 5) is 0. The van der Waals surface area contributed by atoms with E-state index in [0.717, 1.165) is 0 Å². The molecule has 7 heteroatoms. The van der Waals surface area contributed by atoms with Crippen LogP contribution in [0.15, 0.2) is 0 Å². The van der Waals surface area contributed by atoms with E-state index in [0.29, 0.717) is 0 Å². The molecule has 0 spiro atoms. The van der Waals surface area contributed by atoms with E-state index in [-0.39, 0.29) is 179 Å². The summed E-state index contributed by atoms with van der Waals surface area (Å²) in [6.07, 6.45) is 0. The van der Waals surface area contributed by atoms with E-state index in [4.69, 9.17) is 0 Å². The van der Waals surface area contributed by atoms with Crippen molar-refractivity contribution in [3.8, 4) is 0 Å². The first kappa shape index (κ1) is 52.1. The summed E-state index contributed by atoms with van der Waals surface area (Å²) < 4.78 is 0. The maximum Gasteiger partial charge on any atom is 0 e. The van der Waals surface area contributed by atoms with Crippen molar-refractivity contribution < 1.29 is 99.7 Å². The first-order valence-electron chi connectivity index (χ1n) is 0. The Morgan fingerprint density at radius 3 is 1.00 bits per heavy atom. The van der Waals surface area contributed by atoms with E-state index in [2.05, 4.69) is 0 Å². The van der Waals surface area contributed by atoms with Gasteiger partial charge >= 0.3 is 69.6 Å². The topological polar surface area (TPSA) is 0 Å². The smallest absolute Gasteiger partial charge is 0 e. The largest absolute Gasteiger partial charge is 0 e. The molecule has 7 heavy (non-hydrogen) atoms. The van der Waals surface area contributed by atoms with Crippen molar-refractivity contribution in [1.29, 1.82) is 0 Å². The van der Waals surface area contributed by atoms with Crippen LogP contribution in [-0.2, 0) is 17.1 Å².